The number of rotatable bonds is 8. The molecule has 0 bridgehead atoms. The fourth-order valence-electron chi connectivity index (χ4n) is 1.16. The second-order valence-electron chi connectivity index (χ2n) is 3.34. The van der Waals surface area contributed by atoms with Crippen LogP contribution in [0.25, 0.3) is 0 Å². The molecule has 2 atom stereocenters. The number of halogens is 1. The van der Waals surface area contributed by atoms with E-state index in [0.717, 1.165) is 12.8 Å². The third-order valence-electron chi connectivity index (χ3n) is 2.08. The lowest BCUT2D eigenvalue weighted by atomic mass is 10.0. The summed E-state index contributed by atoms with van der Waals surface area (Å²) in [4.78, 5) is 13.8. The van der Waals surface area contributed by atoms with Crippen LogP contribution >= 0.6 is 11.8 Å². The SMILES string of the molecule is C=CCNC(=O)C(O)[C@H](CCCC)NCl. The molecule has 0 aliphatic carbocycles. The van der Waals surface area contributed by atoms with E-state index in [0.29, 0.717) is 13.0 Å². The van der Waals surface area contributed by atoms with Crippen molar-refractivity contribution in [1.29, 1.82) is 0 Å². The molecule has 0 aromatic rings. The highest BCUT2D eigenvalue weighted by atomic mass is 35.5. The molecule has 0 saturated heterocycles. The van der Waals surface area contributed by atoms with Crippen LogP contribution < -0.4 is 10.2 Å². The molecular weight excluding hydrogens is 216 g/mol. The van der Waals surface area contributed by atoms with Gasteiger partial charge in [0.1, 0.15) is 6.10 Å². The van der Waals surface area contributed by atoms with Crippen LogP contribution in [0.1, 0.15) is 26.2 Å². The Morgan fingerprint density at radius 2 is 2.33 bits per heavy atom. The number of aliphatic hydroxyl groups is 1. The summed E-state index contributed by atoms with van der Waals surface area (Å²) in [5.41, 5.74) is 0. The predicted molar refractivity (Wildman–Crippen MR) is 61.5 cm³/mol. The maximum atomic E-state index is 11.4. The number of hydrogen-bond donors (Lipinski definition) is 3. The van der Waals surface area contributed by atoms with E-state index in [1.807, 2.05) is 6.92 Å². The summed E-state index contributed by atoms with van der Waals surface area (Å²) in [5.74, 6) is -0.427. The van der Waals surface area contributed by atoms with Crippen LogP contribution in [0.3, 0.4) is 0 Å². The van der Waals surface area contributed by atoms with Gasteiger partial charge in [0.15, 0.2) is 0 Å². The van der Waals surface area contributed by atoms with Crippen LogP contribution in [-0.2, 0) is 4.79 Å². The van der Waals surface area contributed by atoms with Crippen molar-refractivity contribution in [3.63, 3.8) is 0 Å². The maximum Gasteiger partial charge on any atom is 0.250 e. The van der Waals surface area contributed by atoms with Gasteiger partial charge in [-0.2, -0.15) is 0 Å². The molecule has 4 nitrogen and oxygen atoms in total. The fraction of sp³-hybridized carbons (Fsp3) is 0.700. The highest BCUT2D eigenvalue weighted by Crippen LogP contribution is 2.06. The molecule has 0 aromatic carbocycles. The highest BCUT2D eigenvalue weighted by Gasteiger charge is 2.24. The number of amides is 1. The molecule has 1 amide bonds. The molecule has 0 saturated carbocycles. The number of aliphatic hydroxyl groups excluding tert-OH is 1. The molecule has 3 N–H and O–H groups in total. The summed E-state index contributed by atoms with van der Waals surface area (Å²) in [6.07, 6.45) is 3.02. The quantitative estimate of drug-likeness (QED) is 0.433. The number of carbonyl (C=O) groups excluding carboxylic acids is 1. The van der Waals surface area contributed by atoms with Crippen molar-refractivity contribution < 1.29 is 9.90 Å². The average Bonchev–Trinajstić information content (AvgIpc) is 2.26. The van der Waals surface area contributed by atoms with Crippen LogP contribution in [0.15, 0.2) is 12.7 Å². The van der Waals surface area contributed by atoms with Gasteiger partial charge in [-0.25, -0.2) is 4.84 Å². The molecule has 0 spiro atoms. The van der Waals surface area contributed by atoms with Gasteiger partial charge in [-0.15, -0.1) is 6.58 Å². The summed E-state index contributed by atoms with van der Waals surface area (Å²) in [6, 6.07) is -0.406. The molecule has 15 heavy (non-hydrogen) atoms. The van der Waals surface area contributed by atoms with Crippen molar-refractivity contribution in [2.45, 2.75) is 38.3 Å². The number of carbonyl (C=O) groups is 1. The first kappa shape index (κ1) is 14.4. The van der Waals surface area contributed by atoms with E-state index >= 15 is 0 Å². The third-order valence-corrected chi connectivity index (χ3v) is 2.36. The monoisotopic (exact) mass is 234 g/mol. The standard InChI is InChI=1S/C10H19ClN2O2/c1-3-5-6-8(13-11)9(14)10(15)12-7-4-2/h4,8-9,13-14H,2-3,5-7H2,1H3,(H,12,15)/t8-,9?/m0/s1. The molecule has 0 heterocycles. The van der Waals surface area contributed by atoms with Crippen molar-refractivity contribution >= 4 is 17.7 Å². The van der Waals surface area contributed by atoms with Crippen LogP contribution in [0.2, 0.25) is 0 Å². The van der Waals surface area contributed by atoms with Crippen molar-refractivity contribution in [2.24, 2.45) is 0 Å². The van der Waals surface area contributed by atoms with Crippen LogP contribution in [0.5, 0.6) is 0 Å². The fourth-order valence-corrected chi connectivity index (χ4v) is 1.38. The van der Waals surface area contributed by atoms with Crippen LogP contribution in [0.4, 0.5) is 0 Å². The first-order valence-electron chi connectivity index (χ1n) is 5.10. The lowest BCUT2D eigenvalue weighted by Crippen LogP contribution is -2.46. The normalized spacial score (nSPS) is 14.3. The molecule has 0 fully saturated rings. The predicted octanol–water partition coefficient (Wildman–Crippen LogP) is 0.952. The maximum absolute atomic E-state index is 11.4. The molecule has 0 rings (SSSR count). The van der Waals surface area contributed by atoms with Crippen molar-refractivity contribution in [2.75, 3.05) is 6.54 Å². The number of hydrogen-bond acceptors (Lipinski definition) is 3. The first-order valence-corrected chi connectivity index (χ1v) is 5.48. The van der Waals surface area contributed by atoms with Gasteiger partial charge in [-0.05, 0) is 18.2 Å². The summed E-state index contributed by atoms with van der Waals surface area (Å²) in [7, 11) is 0. The zero-order chi connectivity index (χ0) is 11.7. The van der Waals surface area contributed by atoms with Crippen molar-refractivity contribution in [3.8, 4) is 0 Å². The zero-order valence-electron chi connectivity index (χ0n) is 9.00. The Kier molecular flexibility index (Phi) is 8.37. The van der Waals surface area contributed by atoms with E-state index in [2.05, 4.69) is 16.7 Å². The van der Waals surface area contributed by atoms with E-state index < -0.39 is 18.1 Å². The summed E-state index contributed by atoms with van der Waals surface area (Å²) in [6.45, 7) is 5.85. The van der Waals surface area contributed by atoms with E-state index in [1.54, 1.807) is 6.08 Å². The molecule has 5 heteroatoms. The Balaban J connectivity index is 4.05. The Hall–Kier alpha value is -0.580. The Morgan fingerprint density at radius 3 is 2.80 bits per heavy atom. The molecule has 0 radical (unpaired) electrons. The third kappa shape index (κ3) is 5.77. The van der Waals surface area contributed by atoms with Gasteiger partial charge in [0, 0.05) is 6.54 Å². The molecule has 1 unspecified atom stereocenters. The van der Waals surface area contributed by atoms with Crippen LogP contribution in [0, 0.1) is 0 Å². The second-order valence-corrected chi connectivity index (χ2v) is 3.55. The molecular formula is C10H19ClN2O2. The summed E-state index contributed by atoms with van der Waals surface area (Å²) in [5, 5.41) is 12.2. The van der Waals surface area contributed by atoms with Gasteiger partial charge in [0.05, 0.1) is 6.04 Å². The van der Waals surface area contributed by atoms with Gasteiger partial charge >= 0.3 is 0 Å². The van der Waals surface area contributed by atoms with Gasteiger partial charge in [0.25, 0.3) is 5.91 Å². The molecule has 0 aromatic heterocycles. The summed E-state index contributed by atoms with van der Waals surface area (Å²) >= 11 is 5.47. The minimum absolute atomic E-state index is 0.346. The average molecular weight is 235 g/mol. The van der Waals surface area contributed by atoms with E-state index in [9.17, 15) is 9.90 Å². The van der Waals surface area contributed by atoms with Crippen molar-refractivity contribution in [3.05, 3.63) is 12.7 Å². The molecule has 0 aliphatic rings. The molecule has 0 aliphatic heterocycles. The Morgan fingerprint density at radius 1 is 1.67 bits per heavy atom. The minimum Gasteiger partial charge on any atom is -0.382 e. The summed E-state index contributed by atoms with van der Waals surface area (Å²) < 4.78 is 0. The lowest BCUT2D eigenvalue weighted by Gasteiger charge is -2.19. The first-order chi connectivity index (χ1) is 7.17. The molecule has 88 valence electrons. The van der Waals surface area contributed by atoms with Gasteiger partial charge in [-0.3, -0.25) is 4.79 Å². The Labute approximate surface area is 95.8 Å². The zero-order valence-corrected chi connectivity index (χ0v) is 9.76. The number of unbranched alkanes of at least 4 members (excludes halogenated alkanes) is 1. The van der Waals surface area contributed by atoms with Gasteiger partial charge in [0.2, 0.25) is 0 Å². The largest absolute Gasteiger partial charge is 0.382 e. The highest BCUT2D eigenvalue weighted by molar-refractivity contribution is 6.13. The smallest absolute Gasteiger partial charge is 0.250 e. The number of nitrogens with one attached hydrogen (secondary N) is 2. The van der Waals surface area contributed by atoms with Gasteiger partial charge in [-0.1, -0.05) is 25.8 Å². The van der Waals surface area contributed by atoms with Crippen molar-refractivity contribution in [1.82, 2.24) is 10.2 Å². The van der Waals surface area contributed by atoms with E-state index in [-0.39, 0.29) is 0 Å². The minimum atomic E-state index is -1.12. The topological polar surface area (TPSA) is 61.4 Å². The van der Waals surface area contributed by atoms with Gasteiger partial charge < -0.3 is 10.4 Å². The van der Waals surface area contributed by atoms with E-state index in [4.69, 9.17) is 11.8 Å². The Bertz CT molecular complexity index is 200. The van der Waals surface area contributed by atoms with Crippen LogP contribution in [-0.4, -0.2) is 29.7 Å². The second kappa shape index (κ2) is 8.71. The lowest BCUT2D eigenvalue weighted by molar-refractivity contribution is -0.130. The van der Waals surface area contributed by atoms with E-state index in [1.165, 1.54) is 0 Å².